The van der Waals surface area contributed by atoms with Crippen LogP contribution in [0.1, 0.15) is 11.1 Å². The van der Waals surface area contributed by atoms with Crippen LogP contribution in [0.25, 0.3) is 6.08 Å². The van der Waals surface area contributed by atoms with Crippen molar-refractivity contribution in [2.24, 2.45) is 0 Å². The largest absolute Gasteiger partial charge is 0.288 e. The fraction of sp³-hybridized carbons (Fsp3) is 0.125. The monoisotopic (exact) mass is 345 g/mol. The molecule has 0 saturated heterocycles. The summed E-state index contributed by atoms with van der Waals surface area (Å²) >= 11 is 0. The van der Waals surface area contributed by atoms with Gasteiger partial charge in [0, 0.05) is 18.8 Å². The number of sulfonamides is 1. The maximum atomic E-state index is 12.7. The second-order valence-corrected chi connectivity index (χ2v) is 7.06. The normalized spacial score (nSPS) is 14.0. The molecule has 0 bridgehead atoms. The highest BCUT2D eigenvalue weighted by molar-refractivity contribution is 7.92. The first kappa shape index (κ1) is 16.2. The smallest absolute Gasteiger partial charge is 0.267 e. The molecule has 1 aromatic carbocycles. The Kier molecular flexibility index (Phi) is 4.32. The number of nitrogens with one attached hydrogen (secondary N) is 1. The molecule has 1 aliphatic heterocycles. The van der Waals surface area contributed by atoms with E-state index in [0.717, 1.165) is 11.6 Å². The van der Waals surface area contributed by atoms with E-state index in [0.29, 0.717) is 24.3 Å². The molecule has 1 aromatic heterocycles. The summed E-state index contributed by atoms with van der Waals surface area (Å²) in [6.45, 7) is 0.323. The van der Waals surface area contributed by atoms with Gasteiger partial charge in [-0.05, 0) is 41.8 Å². The molecule has 0 saturated carbocycles. The Bertz CT molecular complexity index is 895. The van der Waals surface area contributed by atoms with Crippen LogP contribution in [0.15, 0.2) is 53.6 Å². The number of anilines is 1. The molecule has 0 spiro atoms. The average molecular weight is 345 g/mol. The lowest BCUT2D eigenvalue weighted by atomic mass is 10.1. The number of pyridine rings is 1. The maximum absolute atomic E-state index is 12.7. The van der Waals surface area contributed by atoms with Crippen LogP contribution >= 0.6 is 0 Å². The standard InChI is InChI=1S/C16H15N3O4S/c20-15(18-21)7-6-12-10-13-8-9-19(16(13)17-11-12)24(22,23)14-4-2-1-3-5-14/h1-7,10-11,21H,8-9H2,(H,18,20). The summed E-state index contributed by atoms with van der Waals surface area (Å²) in [5, 5.41) is 8.46. The molecule has 2 aromatic rings. The first-order valence-corrected chi connectivity index (χ1v) is 8.65. The number of carbonyl (C=O) groups is 1. The third-order valence-corrected chi connectivity index (χ3v) is 5.46. The highest BCUT2D eigenvalue weighted by atomic mass is 32.2. The number of fused-ring (bicyclic) bond motifs is 1. The molecule has 7 nitrogen and oxygen atoms in total. The van der Waals surface area contributed by atoms with Gasteiger partial charge < -0.3 is 0 Å². The molecule has 8 heteroatoms. The van der Waals surface area contributed by atoms with Crippen LogP contribution in [0.3, 0.4) is 0 Å². The van der Waals surface area contributed by atoms with Crippen LogP contribution in [0.2, 0.25) is 0 Å². The second kappa shape index (κ2) is 6.42. The van der Waals surface area contributed by atoms with E-state index in [1.807, 2.05) is 0 Å². The summed E-state index contributed by atoms with van der Waals surface area (Å²) in [5.74, 6) is -0.244. The number of aromatic nitrogens is 1. The van der Waals surface area contributed by atoms with E-state index >= 15 is 0 Å². The zero-order valence-corrected chi connectivity index (χ0v) is 13.4. The summed E-state index contributed by atoms with van der Waals surface area (Å²) in [6, 6.07) is 10.0. The Morgan fingerprint density at radius 2 is 2.04 bits per heavy atom. The van der Waals surface area contributed by atoms with Gasteiger partial charge in [-0.2, -0.15) is 0 Å². The number of amides is 1. The zero-order chi connectivity index (χ0) is 17.2. The van der Waals surface area contributed by atoms with E-state index in [-0.39, 0.29) is 4.90 Å². The number of hydroxylamine groups is 1. The highest BCUT2D eigenvalue weighted by Gasteiger charge is 2.31. The van der Waals surface area contributed by atoms with Crippen LogP contribution in [0.5, 0.6) is 0 Å². The van der Waals surface area contributed by atoms with Gasteiger partial charge in [0.2, 0.25) is 0 Å². The first-order valence-electron chi connectivity index (χ1n) is 7.21. The van der Waals surface area contributed by atoms with Crippen molar-refractivity contribution < 1.29 is 18.4 Å². The molecule has 0 unspecified atom stereocenters. The first-order chi connectivity index (χ1) is 11.5. The third-order valence-electron chi connectivity index (χ3n) is 3.65. The van der Waals surface area contributed by atoms with Crippen molar-refractivity contribution in [3.63, 3.8) is 0 Å². The number of hydrogen-bond donors (Lipinski definition) is 2. The molecule has 1 aliphatic rings. The Labute approximate surface area is 139 Å². The van der Waals surface area contributed by atoms with Gasteiger partial charge in [0.1, 0.15) is 5.82 Å². The number of rotatable bonds is 4. The van der Waals surface area contributed by atoms with Crippen LogP contribution < -0.4 is 9.79 Å². The molecule has 24 heavy (non-hydrogen) atoms. The highest BCUT2D eigenvalue weighted by Crippen LogP contribution is 2.31. The lowest BCUT2D eigenvalue weighted by Gasteiger charge is -2.18. The van der Waals surface area contributed by atoms with Crippen molar-refractivity contribution in [3.05, 3.63) is 59.8 Å². The maximum Gasteiger partial charge on any atom is 0.267 e. The van der Waals surface area contributed by atoms with Crippen LogP contribution in [-0.2, 0) is 21.2 Å². The van der Waals surface area contributed by atoms with Crippen LogP contribution in [-0.4, -0.2) is 31.1 Å². The van der Waals surface area contributed by atoms with Crippen molar-refractivity contribution in [3.8, 4) is 0 Å². The number of hydrogen-bond acceptors (Lipinski definition) is 5. The molecule has 2 heterocycles. The lowest BCUT2D eigenvalue weighted by Crippen LogP contribution is -2.29. The van der Waals surface area contributed by atoms with Gasteiger partial charge in [-0.3, -0.25) is 10.0 Å². The van der Waals surface area contributed by atoms with E-state index in [9.17, 15) is 13.2 Å². The second-order valence-electron chi connectivity index (χ2n) is 5.20. The SMILES string of the molecule is O=C(C=Cc1cnc2c(c1)CCN2S(=O)(=O)c1ccccc1)NO. The Hall–Kier alpha value is -2.71. The van der Waals surface area contributed by atoms with Gasteiger partial charge in [0.15, 0.2) is 0 Å². The minimum Gasteiger partial charge on any atom is -0.288 e. The van der Waals surface area contributed by atoms with Gasteiger partial charge >= 0.3 is 0 Å². The van der Waals surface area contributed by atoms with Gasteiger partial charge in [0.25, 0.3) is 15.9 Å². The predicted molar refractivity (Wildman–Crippen MR) is 87.9 cm³/mol. The van der Waals surface area contributed by atoms with Crippen molar-refractivity contribution in [2.45, 2.75) is 11.3 Å². The minimum absolute atomic E-state index is 0.225. The van der Waals surface area contributed by atoms with Crippen LogP contribution in [0.4, 0.5) is 5.82 Å². The Morgan fingerprint density at radius 1 is 1.29 bits per heavy atom. The molecule has 124 valence electrons. The van der Waals surface area contributed by atoms with Crippen LogP contribution in [0, 0.1) is 0 Å². The number of nitrogens with zero attached hydrogens (tertiary/aromatic N) is 2. The number of carbonyl (C=O) groups excluding carboxylic acids is 1. The molecule has 2 N–H and O–H groups in total. The minimum atomic E-state index is -3.64. The van der Waals surface area contributed by atoms with Gasteiger partial charge in [-0.15, -0.1) is 0 Å². The van der Waals surface area contributed by atoms with E-state index in [4.69, 9.17) is 5.21 Å². The van der Waals surface area contributed by atoms with Crippen molar-refractivity contribution >= 4 is 27.8 Å². The molecule has 0 atom stereocenters. The Morgan fingerprint density at radius 3 is 2.75 bits per heavy atom. The zero-order valence-electron chi connectivity index (χ0n) is 12.6. The fourth-order valence-corrected chi connectivity index (χ4v) is 3.99. The fourth-order valence-electron chi connectivity index (χ4n) is 2.51. The summed E-state index contributed by atoms with van der Waals surface area (Å²) < 4.78 is 26.8. The lowest BCUT2D eigenvalue weighted by molar-refractivity contribution is -0.124. The quantitative estimate of drug-likeness (QED) is 0.495. The average Bonchev–Trinajstić information content (AvgIpc) is 3.04. The summed E-state index contributed by atoms with van der Waals surface area (Å²) in [5.41, 5.74) is 2.94. The number of benzene rings is 1. The van der Waals surface area contributed by atoms with E-state index < -0.39 is 15.9 Å². The summed E-state index contributed by atoms with van der Waals surface area (Å²) in [7, 11) is -3.64. The molecule has 3 rings (SSSR count). The van der Waals surface area contributed by atoms with Crippen molar-refractivity contribution in [2.75, 3.05) is 10.8 Å². The van der Waals surface area contributed by atoms with Gasteiger partial charge in [-0.1, -0.05) is 18.2 Å². The van der Waals surface area contributed by atoms with E-state index in [1.165, 1.54) is 22.1 Å². The molecule has 0 fully saturated rings. The molecule has 0 radical (unpaired) electrons. The molecule has 0 aliphatic carbocycles. The van der Waals surface area contributed by atoms with Crippen molar-refractivity contribution in [1.82, 2.24) is 10.5 Å². The Balaban J connectivity index is 1.91. The summed E-state index contributed by atoms with van der Waals surface area (Å²) in [4.78, 5) is 15.5. The topological polar surface area (TPSA) is 99.6 Å². The van der Waals surface area contributed by atoms with Gasteiger partial charge in [0.05, 0.1) is 4.90 Å². The molecular formula is C16H15N3O4S. The molecular weight excluding hydrogens is 330 g/mol. The predicted octanol–water partition coefficient (Wildman–Crippen LogP) is 1.35. The van der Waals surface area contributed by atoms with Gasteiger partial charge in [-0.25, -0.2) is 23.2 Å². The van der Waals surface area contributed by atoms with E-state index in [1.54, 1.807) is 36.4 Å². The third kappa shape index (κ3) is 3.01. The summed E-state index contributed by atoms with van der Waals surface area (Å²) in [6.07, 6.45) is 4.69. The van der Waals surface area contributed by atoms with E-state index in [2.05, 4.69) is 4.98 Å². The van der Waals surface area contributed by atoms with Crippen molar-refractivity contribution in [1.29, 1.82) is 0 Å². The molecule has 1 amide bonds.